The highest BCUT2D eigenvalue weighted by molar-refractivity contribution is 5.92. The second-order valence-corrected chi connectivity index (χ2v) is 4.39. The van der Waals surface area contributed by atoms with Crippen LogP contribution in [0.1, 0.15) is 29.6 Å². The van der Waals surface area contributed by atoms with Crippen LogP contribution in [0.15, 0.2) is 18.2 Å². The number of halogens is 3. The van der Waals surface area contributed by atoms with E-state index in [0.29, 0.717) is 24.0 Å². The van der Waals surface area contributed by atoms with Crippen molar-refractivity contribution in [3.05, 3.63) is 23.8 Å². The molecule has 2 aromatic rings. The van der Waals surface area contributed by atoms with Gasteiger partial charge in [0.05, 0.1) is 11.1 Å². The fraction of sp³-hybridized carbons (Fsp3) is 0.417. The molecule has 0 aliphatic rings. The molecule has 108 valence electrons. The Bertz CT molecular complexity index is 622. The molecule has 0 unspecified atom stereocenters. The van der Waals surface area contributed by atoms with E-state index in [1.165, 1.54) is 16.8 Å². The summed E-state index contributed by atoms with van der Waals surface area (Å²) in [6, 6.07) is 4.36. The number of carboxylic acids is 1. The number of benzene rings is 1. The number of rotatable bonds is 5. The number of carboxylic acid groups (broad SMARTS) is 1. The molecule has 0 fully saturated rings. The van der Waals surface area contributed by atoms with Gasteiger partial charge >= 0.3 is 12.1 Å². The van der Waals surface area contributed by atoms with Gasteiger partial charge in [0, 0.05) is 13.0 Å². The second kappa shape index (κ2) is 5.48. The Balaban J connectivity index is 2.03. The average Bonchev–Trinajstić information content (AvgIpc) is 2.76. The maximum absolute atomic E-state index is 12.0. The van der Waals surface area contributed by atoms with E-state index in [0.717, 1.165) is 0 Å². The molecule has 8 heteroatoms. The molecule has 0 aliphatic carbocycles. The lowest BCUT2D eigenvalue weighted by molar-refractivity contribution is -0.135. The van der Waals surface area contributed by atoms with Crippen molar-refractivity contribution in [3.8, 4) is 0 Å². The van der Waals surface area contributed by atoms with Crippen molar-refractivity contribution >= 4 is 17.0 Å². The van der Waals surface area contributed by atoms with Crippen molar-refractivity contribution < 1.29 is 23.1 Å². The van der Waals surface area contributed by atoms with Crippen molar-refractivity contribution in [2.75, 3.05) is 0 Å². The van der Waals surface area contributed by atoms with Gasteiger partial charge in [-0.05, 0) is 31.0 Å². The molecular formula is C12H12F3N3O2. The zero-order valence-electron chi connectivity index (χ0n) is 10.4. The molecular weight excluding hydrogens is 275 g/mol. The molecule has 1 aromatic heterocycles. The highest BCUT2D eigenvalue weighted by Gasteiger charge is 2.25. The quantitative estimate of drug-likeness (QED) is 0.859. The number of carbonyl (C=O) groups is 1. The summed E-state index contributed by atoms with van der Waals surface area (Å²) in [6.07, 6.45) is -4.60. The Morgan fingerprint density at radius 3 is 2.70 bits per heavy atom. The first-order chi connectivity index (χ1) is 9.37. The number of hydrogen-bond acceptors (Lipinski definition) is 3. The van der Waals surface area contributed by atoms with Crippen molar-refractivity contribution in [2.24, 2.45) is 0 Å². The van der Waals surface area contributed by atoms with E-state index in [9.17, 15) is 18.0 Å². The number of aromatic nitrogens is 3. The van der Waals surface area contributed by atoms with Crippen molar-refractivity contribution in [1.29, 1.82) is 0 Å². The van der Waals surface area contributed by atoms with Crippen LogP contribution in [0.5, 0.6) is 0 Å². The van der Waals surface area contributed by atoms with Crippen LogP contribution in [0.3, 0.4) is 0 Å². The van der Waals surface area contributed by atoms with Gasteiger partial charge in [-0.3, -0.25) is 0 Å². The number of hydrogen-bond donors (Lipinski definition) is 1. The lowest BCUT2D eigenvalue weighted by atomic mass is 10.2. The smallest absolute Gasteiger partial charge is 0.389 e. The number of aryl methyl sites for hydroxylation is 1. The summed E-state index contributed by atoms with van der Waals surface area (Å²) in [5, 5.41) is 16.5. The Hall–Kier alpha value is -2.12. The Morgan fingerprint density at radius 2 is 2.05 bits per heavy atom. The van der Waals surface area contributed by atoms with Gasteiger partial charge < -0.3 is 5.11 Å². The highest BCUT2D eigenvalue weighted by atomic mass is 19.4. The molecule has 0 atom stereocenters. The van der Waals surface area contributed by atoms with Crippen molar-refractivity contribution in [3.63, 3.8) is 0 Å². The molecule has 20 heavy (non-hydrogen) atoms. The summed E-state index contributed by atoms with van der Waals surface area (Å²) >= 11 is 0. The van der Waals surface area contributed by atoms with Gasteiger partial charge in [0.15, 0.2) is 0 Å². The monoisotopic (exact) mass is 287 g/mol. The van der Waals surface area contributed by atoms with E-state index in [1.807, 2.05) is 0 Å². The van der Waals surface area contributed by atoms with E-state index in [2.05, 4.69) is 10.3 Å². The fourth-order valence-electron chi connectivity index (χ4n) is 1.86. The topological polar surface area (TPSA) is 68.0 Å². The average molecular weight is 287 g/mol. The van der Waals surface area contributed by atoms with Gasteiger partial charge in [0.1, 0.15) is 5.52 Å². The van der Waals surface area contributed by atoms with E-state index >= 15 is 0 Å². The molecule has 0 saturated heterocycles. The normalized spacial score (nSPS) is 11.9. The minimum Gasteiger partial charge on any atom is -0.478 e. The standard InChI is InChI=1S/C12H12F3N3O2/c13-12(14,15)5-1-2-6-18-10-4-3-8(11(19)20)7-9(10)16-17-18/h3-4,7H,1-2,5-6H2,(H,19,20). The van der Waals surface area contributed by atoms with Crippen LogP contribution in [-0.4, -0.2) is 32.2 Å². The van der Waals surface area contributed by atoms with Crippen LogP contribution < -0.4 is 0 Å². The minimum absolute atomic E-state index is 0.0259. The Morgan fingerprint density at radius 1 is 1.30 bits per heavy atom. The number of nitrogens with zero attached hydrogens (tertiary/aromatic N) is 3. The fourth-order valence-corrected chi connectivity index (χ4v) is 1.86. The third-order valence-electron chi connectivity index (χ3n) is 2.84. The molecule has 0 bridgehead atoms. The number of aromatic carboxylic acids is 1. The van der Waals surface area contributed by atoms with E-state index in [4.69, 9.17) is 5.11 Å². The van der Waals surface area contributed by atoms with Crippen LogP contribution in [-0.2, 0) is 6.54 Å². The first-order valence-electron chi connectivity index (χ1n) is 6.00. The van der Waals surface area contributed by atoms with Gasteiger partial charge in [0.2, 0.25) is 0 Å². The highest BCUT2D eigenvalue weighted by Crippen LogP contribution is 2.22. The van der Waals surface area contributed by atoms with Crippen molar-refractivity contribution in [2.45, 2.75) is 32.0 Å². The molecule has 0 saturated carbocycles. The lowest BCUT2D eigenvalue weighted by Crippen LogP contribution is -2.08. The Kier molecular flexibility index (Phi) is 3.91. The maximum atomic E-state index is 12.0. The van der Waals surface area contributed by atoms with E-state index in [-0.39, 0.29) is 12.0 Å². The summed E-state index contributed by atoms with van der Waals surface area (Å²) in [5.41, 5.74) is 1.13. The van der Waals surface area contributed by atoms with Crippen LogP contribution in [0.2, 0.25) is 0 Å². The van der Waals surface area contributed by atoms with Crippen LogP contribution in [0.25, 0.3) is 11.0 Å². The first-order valence-corrected chi connectivity index (χ1v) is 6.00. The molecule has 0 aliphatic heterocycles. The van der Waals surface area contributed by atoms with E-state index < -0.39 is 18.6 Å². The van der Waals surface area contributed by atoms with E-state index in [1.54, 1.807) is 6.07 Å². The lowest BCUT2D eigenvalue weighted by Gasteiger charge is -2.06. The third-order valence-corrected chi connectivity index (χ3v) is 2.84. The predicted molar refractivity (Wildman–Crippen MR) is 64.4 cm³/mol. The predicted octanol–water partition coefficient (Wildman–Crippen LogP) is 2.86. The molecule has 2 rings (SSSR count). The molecule has 1 heterocycles. The first kappa shape index (κ1) is 14.3. The third kappa shape index (κ3) is 3.46. The van der Waals surface area contributed by atoms with Gasteiger partial charge in [-0.25, -0.2) is 9.48 Å². The van der Waals surface area contributed by atoms with Gasteiger partial charge in [-0.15, -0.1) is 5.10 Å². The molecule has 1 N–H and O–H groups in total. The van der Waals surface area contributed by atoms with Gasteiger partial charge in [-0.1, -0.05) is 5.21 Å². The zero-order chi connectivity index (χ0) is 14.8. The number of fused-ring (bicyclic) bond motifs is 1. The molecule has 0 radical (unpaired) electrons. The summed E-state index contributed by atoms with van der Waals surface area (Å²) in [4.78, 5) is 10.8. The summed E-state index contributed by atoms with van der Waals surface area (Å²) < 4.78 is 37.5. The zero-order valence-corrected chi connectivity index (χ0v) is 10.4. The largest absolute Gasteiger partial charge is 0.478 e. The number of alkyl halides is 3. The number of unbranched alkanes of at least 4 members (excludes halogenated alkanes) is 1. The van der Waals surface area contributed by atoms with Crippen LogP contribution in [0.4, 0.5) is 13.2 Å². The maximum Gasteiger partial charge on any atom is 0.389 e. The Labute approximate surface area is 112 Å². The SMILES string of the molecule is O=C(O)c1ccc2c(c1)nnn2CCCCC(F)(F)F. The van der Waals surface area contributed by atoms with Crippen LogP contribution in [0, 0.1) is 0 Å². The van der Waals surface area contributed by atoms with Crippen molar-refractivity contribution in [1.82, 2.24) is 15.0 Å². The second-order valence-electron chi connectivity index (χ2n) is 4.39. The van der Waals surface area contributed by atoms with Gasteiger partial charge in [-0.2, -0.15) is 13.2 Å². The molecule has 0 spiro atoms. The molecule has 1 aromatic carbocycles. The van der Waals surface area contributed by atoms with Crippen LogP contribution >= 0.6 is 0 Å². The minimum atomic E-state index is -4.14. The molecule has 5 nitrogen and oxygen atoms in total. The summed E-state index contributed by atoms with van der Waals surface area (Å²) in [5.74, 6) is -1.06. The van der Waals surface area contributed by atoms with Gasteiger partial charge in [0.25, 0.3) is 0 Å². The summed E-state index contributed by atoms with van der Waals surface area (Å²) in [7, 11) is 0. The summed E-state index contributed by atoms with van der Waals surface area (Å²) in [6.45, 7) is 0.318. The molecule has 0 amide bonds.